The average molecular weight is 396 g/mol. The van der Waals surface area contributed by atoms with Gasteiger partial charge in [-0.25, -0.2) is 4.79 Å². The molecule has 8 heteroatoms. The van der Waals surface area contributed by atoms with Crippen LogP contribution in [0.25, 0.3) is 0 Å². The van der Waals surface area contributed by atoms with E-state index in [9.17, 15) is 9.59 Å². The Balaban J connectivity index is 1.73. The first-order valence-electron chi connectivity index (χ1n) is 9.03. The molecular weight excluding hydrogens is 370 g/mol. The predicted octanol–water partition coefficient (Wildman–Crippen LogP) is 2.66. The van der Waals surface area contributed by atoms with E-state index in [0.717, 1.165) is 29.8 Å². The van der Waals surface area contributed by atoms with Gasteiger partial charge in [0.15, 0.2) is 5.11 Å². The van der Waals surface area contributed by atoms with Gasteiger partial charge in [-0.15, -0.1) is 11.3 Å². The molecule has 1 aromatic heterocycles. The fourth-order valence-corrected chi connectivity index (χ4v) is 5.01. The van der Waals surface area contributed by atoms with E-state index in [1.807, 2.05) is 18.7 Å². The highest BCUT2D eigenvalue weighted by Crippen LogP contribution is 2.39. The Morgan fingerprint density at radius 3 is 2.42 bits per heavy atom. The summed E-state index contributed by atoms with van der Waals surface area (Å²) in [6, 6.07) is 0. The molecule has 1 N–H and O–H groups in total. The molecule has 0 aromatic carbocycles. The molecule has 0 unspecified atom stereocenters. The number of aryl methyl sites for hydroxylation is 1. The van der Waals surface area contributed by atoms with Gasteiger partial charge in [0.2, 0.25) is 5.91 Å². The van der Waals surface area contributed by atoms with Gasteiger partial charge in [-0.05, 0) is 50.9 Å². The highest BCUT2D eigenvalue weighted by atomic mass is 32.1. The van der Waals surface area contributed by atoms with E-state index in [1.54, 1.807) is 18.3 Å². The number of amides is 1. The zero-order valence-corrected chi connectivity index (χ0v) is 17.1. The topological polar surface area (TPSA) is 61.9 Å². The number of esters is 1. The Morgan fingerprint density at radius 1 is 1.15 bits per heavy atom. The van der Waals surface area contributed by atoms with E-state index in [2.05, 4.69) is 10.2 Å². The van der Waals surface area contributed by atoms with Crippen LogP contribution in [-0.4, -0.2) is 59.1 Å². The van der Waals surface area contributed by atoms with E-state index in [0.29, 0.717) is 36.9 Å². The third-order valence-corrected chi connectivity index (χ3v) is 6.27. The van der Waals surface area contributed by atoms with Crippen LogP contribution < -0.4 is 5.32 Å². The molecule has 1 saturated heterocycles. The summed E-state index contributed by atoms with van der Waals surface area (Å²) in [6.07, 6.45) is 2.85. The largest absolute Gasteiger partial charge is 0.459 e. The van der Waals surface area contributed by atoms with Crippen molar-refractivity contribution in [1.82, 2.24) is 9.80 Å². The van der Waals surface area contributed by atoms with Crippen molar-refractivity contribution in [3.05, 3.63) is 16.0 Å². The van der Waals surface area contributed by atoms with Crippen molar-refractivity contribution in [3.8, 4) is 0 Å². The first-order chi connectivity index (χ1) is 12.4. The molecule has 6 nitrogen and oxygen atoms in total. The Bertz CT molecular complexity index is 722. The van der Waals surface area contributed by atoms with Gasteiger partial charge in [0.05, 0.1) is 11.7 Å². The summed E-state index contributed by atoms with van der Waals surface area (Å²) in [5.41, 5.74) is 1.77. The quantitative estimate of drug-likeness (QED) is 0.627. The number of anilines is 1. The SMILES string of the molecule is CC(=O)N1CCN(C(=S)Nc2sc3c(c2C(=O)OC(C)C)CCC3)CC1. The number of thiocarbonyl (C=S) groups is 1. The minimum Gasteiger partial charge on any atom is -0.459 e. The van der Waals surface area contributed by atoms with Gasteiger partial charge in [-0.2, -0.15) is 0 Å². The number of fused-ring (bicyclic) bond motifs is 1. The van der Waals surface area contributed by atoms with Crippen LogP contribution >= 0.6 is 23.6 Å². The molecule has 2 aliphatic rings. The van der Waals surface area contributed by atoms with E-state index < -0.39 is 0 Å². The maximum Gasteiger partial charge on any atom is 0.341 e. The number of piperazine rings is 1. The number of carbonyl (C=O) groups is 2. The van der Waals surface area contributed by atoms with Gasteiger partial charge in [-0.1, -0.05) is 0 Å². The Kier molecular flexibility index (Phi) is 5.82. The summed E-state index contributed by atoms with van der Waals surface area (Å²) in [6.45, 7) is 8.03. The summed E-state index contributed by atoms with van der Waals surface area (Å²) in [4.78, 5) is 29.2. The minimum absolute atomic E-state index is 0.0944. The van der Waals surface area contributed by atoms with Gasteiger partial charge in [0.25, 0.3) is 0 Å². The van der Waals surface area contributed by atoms with Crippen molar-refractivity contribution in [2.45, 2.75) is 46.1 Å². The summed E-state index contributed by atoms with van der Waals surface area (Å²) >= 11 is 7.18. The average Bonchev–Trinajstić information content (AvgIpc) is 3.14. The van der Waals surface area contributed by atoms with Gasteiger partial charge in [0, 0.05) is 38.0 Å². The molecule has 142 valence electrons. The third-order valence-electron chi connectivity index (χ3n) is 4.70. The molecule has 0 atom stereocenters. The van der Waals surface area contributed by atoms with Crippen LogP contribution in [0.15, 0.2) is 0 Å². The number of hydrogen-bond donors (Lipinski definition) is 1. The van der Waals surface area contributed by atoms with Crippen LogP contribution in [0.1, 0.15) is 48.0 Å². The summed E-state index contributed by atoms with van der Waals surface area (Å²) in [7, 11) is 0. The smallest absolute Gasteiger partial charge is 0.341 e. The summed E-state index contributed by atoms with van der Waals surface area (Å²) < 4.78 is 5.45. The van der Waals surface area contributed by atoms with Gasteiger partial charge in [0.1, 0.15) is 5.00 Å². The fraction of sp³-hybridized carbons (Fsp3) is 0.611. The van der Waals surface area contributed by atoms with Crippen molar-refractivity contribution in [3.63, 3.8) is 0 Å². The number of thiophene rings is 1. The van der Waals surface area contributed by atoms with Gasteiger partial charge >= 0.3 is 5.97 Å². The van der Waals surface area contributed by atoms with Crippen LogP contribution in [0, 0.1) is 0 Å². The second kappa shape index (κ2) is 7.92. The highest BCUT2D eigenvalue weighted by Gasteiger charge is 2.29. The molecule has 0 bridgehead atoms. The summed E-state index contributed by atoms with van der Waals surface area (Å²) in [5.74, 6) is -0.178. The monoisotopic (exact) mass is 395 g/mol. The molecule has 2 heterocycles. The second-order valence-electron chi connectivity index (χ2n) is 6.94. The lowest BCUT2D eigenvalue weighted by Gasteiger charge is -2.35. The molecule has 1 fully saturated rings. The lowest BCUT2D eigenvalue weighted by Crippen LogP contribution is -2.51. The molecule has 1 aliphatic carbocycles. The van der Waals surface area contributed by atoms with Crippen LogP contribution in [0.4, 0.5) is 5.00 Å². The van der Waals surface area contributed by atoms with Crippen molar-refractivity contribution in [1.29, 1.82) is 0 Å². The van der Waals surface area contributed by atoms with E-state index in [4.69, 9.17) is 17.0 Å². The fourth-order valence-electron chi connectivity index (χ4n) is 3.38. The zero-order valence-electron chi connectivity index (χ0n) is 15.5. The van der Waals surface area contributed by atoms with Gasteiger partial charge in [-0.3, -0.25) is 4.79 Å². The van der Waals surface area contributed by atoms with Crippen LogP contribution in [0.5, 0.6) is 0 Å². The van der Waals surface area contributed by atoms with Crippen molar-refractivity contribution < 1.29 is 14.3 Å². The van der Waals surface area contributed by atoms with Crippen LogP contribution in [0.3, 0.4) is 0 Å². The van der Waals surface area contributed by atoms with E-state index in [-0.39, 0.29) is 18.0 Å². The summed E-state index contributed by atoms with van der Waals surface area (Å²) in [5, 5.41) is 4.67. The number of hydrogen-bond acceptors (Lipinski definition) is 5. The van der Waals surface area contributed by atoms with Crippen molar-refractivity contribution in [2.75, 3.05) is 31.5 Å². The molecule has 26 heavy (non-hydrogen) atoms. The first-order valence-corrected chi connectivity index (χ1v) is 10.3. The molecular formula is C18H25N3O3S2. The number of carbonyl (C=O) groups excluding carboxylic acids is 2. The number of rotatable bonds is 3. The predicted molar refractivity (Wildman–Crippen MR) is 107 cm³/mol. The minimum atomic E-state index is -0.272. The molecule has 0 radical (unpaired) electrons. The molecule has 1 aliphatic heterocycles. The molecule has 0 saturated carbocycles. The Labute approximate surface area is 163 Å². The van der Waals surface area contributed by atoms with Crippen molar-refractivity contribution >= 4 is 45.5 Å². The van der Waals surface area contributed by atoms with E-state index in [1.165, 1.54) is 4.88 Å². The second-order valence-corrected chi connectivity index (χ2v) is 8.43. The number of nitrogens with one attached hydrogen (secondary N) is 1. The number of nitrogens with zero attached hydrogens (tertiary/aromatic N) is 2. The Morgan fingerprint density at radius 2 is 1.81 bits per heavy atom. The first kappa shape index (κ1) is 19.1. The van der Waals surface area contributed by atoms with Crippen LogP contribution in [0.2, 0.25) is 0 Å². The zero-order chi connectivity index (χ0) is 18.8. The molecule has 1 amide bonds. The molecule has 1 aromatic rings. The lowest BCUT2D eigenvalue weighted by atomic mass is 10.1. The Hall–Kier alpha value is -1.67. The van der Waals surface area contributed by atoms with Crippen LogP contribution in [-0.2, 0) is 22.4 Å². The normalized spacial score (nSPS) is 16.6. The standard InChI is InChI=1S/C18H25N3O3S2/c1-11(2)24-17(23)15-13-5-4-6-14(13)26-16(15)19-18(25)21-9-7-20(8-10-21)12(3)22/h11H,4-10H2,1-3H3,(H,19,25). The lowest BCUT2D eigenvalue weighted by molar-refractivity contribution is -0.130. The molecule has 3 rings (SSSR count). The maximum atomic E-state index is 12.6. The maximum absolute atomic E-state index is 12.6. The van der Waals surface area contributed by atoms with E-state index >= 15 is 0 Å². The van der Waals surface area contributed by atoms with Crippen molar-refractivity contribution in [2.24, 2.45) is 0 Å². The third kappa shape index (κ3) is 4.01. The highest BCUT2D eigenvalue weighted by molar-refractivity contribution is 7.80. The van der Waals surface area contributed by atoms with Gasteiger partial charge < -0.3 is 19.9 Å². The number of ether oxygens (including phenoxy) is 1. The molecule has 0 spiro atoms.